The first-order valence-electron chi connectivity index (χ1n) is 11.9. The lowest BCUT2D eigenvalue weighted by molar-refractivity contribution is -0.224. The average molecular weight is 518 g/mol. The van der Waals surface area contributed by atoms with E-state index in [4.69, 9.17) is 11.6 Å². The minimum Gasteiger partial charge on any atom is -0.355 e. The van der Waals surface area contributed by atoms with Crippen LogP contribution in [0.15, 0.2) is 36.5 Å². The smallest absolute Gasteiger partial charge is 0.355 e. The molecule has 0 amide bonds. The molecule has 2 saturated heterocycles. The molecule has 0 radical (unpaired) electrons. The quantitative estimate of drug-likeness (QED) is 0.506. The van der Waals surface area contributed by atoms with E-state index >= 15 is 0 Å². The highest BCUT2D eigenvalue weighted by atomic mass is 35.5. The van der Waals surface area contributed by atoms with E-state index in [1.807, 2.05) is 22.9 Å². The lowest BCUT2D eigenvalue weighted by atomic mass is 9.73. The van der Waals surface area contributed by atoms with E-state index in [2.05, 4.69) is 38.0 Å². The first kappa shape index (κ1) is 23.5. The van der Waals surface area contributed by atoms with Crippen molar-refractivity contribution in [3.05, 3.63) is 58.5 Å². The van der Waals surface area contributed by atoms with Crippen molar-refractivity contribution in [3.8, 4) is 5.69 Å². The Balaban J connectivity index is 1.27. The van der Waals surface area contributed by atoms with Gasteiger partial charge in [0.1, 0.15) is 11.4 Å². The lowest BCUT2D eigenvalue weighted by Crippen LogP contribution is -2.73. The fraction of sp³-hybridized carbons (Fsp3) is 0.480. The van der Waals surface area contributed by atoms with Crippen LogP contribution < -0.4 is 9.80 Å². The Kier molecular flexibility index (Phi) is 5.12. The van der Waals surface area contributed by atoms with Gasteiger partial charge in [-0.2, -0.15) is 13.2 Å². The highest BCUT2D eigenvalue weighted by Crippen LogP contribution is 2.45. The summed E-state index contributed by atoms with van der Waals surface area (Å²) in [4.78, 5) is 10.3. The van der Waals surface area contributed by atoms with E-state index in [0.29, 0.717) is 16.8 Å². The van der Waals surface area contributed by atoms with Crippen molar-refractivity contribution in [2.75, 3.05) is 36.0 Å². The third-order valence-electron chi connectivity index (χ3n) is 7.79. The van der Waals surface area contributed by atoms with E-state index in [1.54, 1.807) is 12.1 Å². The zero-order valence-corrected chi connectivity index (χ0v) is 21.1. The molecule has 0 atom stereocenters. The molecule has 0 bridgehead atoms. The molecule has 0 aliphatic carbocycles. The molecular weight excluding hydrogens is 491 g/mol. The van der Waals surface area contributed by atoms with E-state index in [1.165, 1.54) is 24.3 Å². The van der Waals surface area contributed by atoms with Crippen LogP contribution in [0.3, 0.4) is 0 Å². The summed E-state index contributed by atoms with van der Waals surface area (Å²) in [5.41, 5.74) is 0.790. The maximum atomic E-state index is 14.0. The van der Waals surface area contributed by atoms with Crippen molar-refractivity contribution < 1.29 is 13.2 Å². The first-order valence-corrected chi connectivity index (χ1v) is 12.3. The summed E-state index contributed by atoms with van der Waals surface area (Å²) in [5.74, 6) is 2.15. The number of aryl methyl sites for hydroxylation is 1. The Morgan fingerprint density at radius 3 is 2.36 bits per heavy atom. The van der Waals surface area contributed by atoms with Gasteiger partial charge in [0.25, 0.3) is 0 Å². The van der Waals surface area contributed by atoms with Gasteiger partial charge in [-0.1, -0.05) is 11.6 Å². The van der Waals surface area contributed by atoms with Gasteiger partial charge < -0.3 is 9.80 Å². The fourth-order valence-electron chi connectivity index (χ4n) is 5.49. The van der Waals surface area contributed by atoms with Gasteiger partial charge in [0.2, 0.25) is 5.95 Å². The number of halogens is 4. The molecule has 0 N–H and O–H groups in total. The topological polar surface area (TPSA) is 53.3 Å². The highest BCUT2D eigenvalue weighted by molar-refractivity contribution is 6.30. The Bertz CT molecular complexity index is 1320. The van der Waals surface area contributed by atoms with Crippen LogP contribution in [-0.4, -0.2) is 62.5 Å². The Morgan fingerprint density at radius 2 is 1.67 bits per heavy atom. The summed E-state index contributed by atoms with van der Waals surface area (Å²) in [6, 6.07) is 9.43. The molecule has 0 saturated carbocycles. The average Bonchev–Trinajstić information content (AvgIpc) is 3.06. The number of alkyl halides is 3. The van der Waals surface area contributed by atoms with Crippen LogP contribution in [0.25, 0.3) is 5.69 Å². The monoisotopic (exact) mass is 517 g/mol. The van der Waals surface area contributed by atoms with E-state index in [0.717, 1.165) is 43.2 Å². The number of aromatic nitrogens is 4. The van der Waals surface area contributed by atoms with E-state index in [9.17, 15) is 13.2 Å². The Hall–Kier alpha value is -2.85. The van der Waals surface area contributed by atoms with E-state index < -0.39 is 11.7 Å². The van der Waals surface area contributed by atoms with Gasteiger partial charge in [-0.3, -0.25) is 9.47 Å². The van der Waals surface area contributed by atoms with Crippen molar-refractivity contribution in [1.29, 1.82) is 0 Å². The third kappa shape index (κ3) is 3.64. The zero-order chi connectivity index (χ0) is 25.5. The molecule has 190 valence electrons. The van der Waals surface area contributed by atoms with Crippen LogP contribution in [0.4, 0.5) is 24.9 Å². The number of anilines is 2. The summed E-state index contributed by atoms with van der Waals surface area (Å²) in [7, 11) is 0. The van der Waals surface area contributed by atoms with Gasteiger partial charge in [-0.25, -0.2) is 4.98 Å². The molecule has 3 aliphatic rings. The lowest BCUT2D eigenvalue weighted by Gasteiger charge is -2.60. The van der Waals surface area contributed by atoms with Crippen LogP contribution in [0.2, 0.25) is 5.02 Å². The van der Waals surface area contributed by atoms with Crippen LogP contribution in [0.1, 0.15) is 30.8 Å². The maximum Gasteiger partial charge on any atom is 0.406 e. The molecule has 2 aromatic heterocycles. The highest BCUT2D eigenvalue weighted by Gasteiger charge is 2.54. The molecule has 11 heteroatoms. The molecule has 7 nitrogen and oxygen atoms in total. The van der Waals surface area contributed by atoms with Crippen LogP contribution in [-0.2, 0) is 13.1 Å². The second kappa shape index (κ2) is 7.82. The number of fused-ring (bicyclic) bond motifs is 3. The standard InChI is InChI=1S/C25H27ClF3N7/c1-16-6-7-30-20(8-16)33-12-24(13-33)14-34(15-24)22-32-31-21-11-35(23(2,3)25(27,28)29)10-17-9-18(26)4-5-19(17)36(21)22/h4-9H,10-15H2,1-3H3. The Morgan fingerprint density at radius 1 is 0.944 bits per heavy atom. The largest absolute Gasteiger partial charge is 0.406 e. The third-order valence-corrected chi connectivity index (χ3v) is 8.02. The second-order valence-corrected chi connectivity index (χ2v) is 11.3. The van der Waals surface area contributed by atoms with E-state index in [-0.39, 0.29) is 18.5 Å². The normalized spacial score (nSPS) is 19.4. The van der Waals surface area contributed by atoms with Crippen molar-refractivity contribution in [3.63, 3.8) is 0 Å². The zero-order valence-electron chi connectivity index (χ0n) is 20.3. The van der Waals surface area contributed by atoms with Crippen LogP contribution in [0.5, 0.6) is 0 Å². The maximum absolute atomic E-state index is 14.0. The summed E-state index contributed by atoms with van der Waals surface area (Å²) in [6.45, 7) is 8.06. The summed E-state index contributed by atoms with van der Waals surface area (Å²) in [6.07, 6.45) is -2.57. The minimum atomic E-state index is -4.41. The number of hydrogen-bond acceptors (Lipinski definition) is 6. The molecule has 0 unspecified atom stereocenters. The Labute approximate surface area is 212 Å². The predicted octanol–water partition coefficient (Wildman–Crippen LogP) is 4.61. The van der Waals surface area contributed by atoms with Crippen LogP contribution >= 0.6 is 11.6 Å². The molecule has 1 aromatic carbocycles. The van der Waals surface area contributed by atoms with Crippen molar-refractivity contribution >= 4 is 23.4 Å². The second-order valence-electron chi connectivity index (χ2n) is 10.8. The van der Waals surface area contributed by atoms with Gasteiger partial charge in [0.05, 0.1) is 12.2 Å². The number of nitrogens with zero attached hydrogens (tertiary/aromatic N) is 7. The summed E-state index contributed by atoms with van der Waals surface area (Å²) >= 11 is 6.26. The number of rotatable bonds is 3. The van der Waals surface area contributed by atoms with Gasteiger partial charge in [0, 0.05) is 49.4 Å². The molecule has 2 fully saturated rings. The van der Waals surface area contributed by atoms with Gasteiger partial charge in [-0.15, -0.1) is 10.2 Å². The van der Waals surface area contributed by atoms with Crippen molar-refractivity contribution in [1.82, 2.24) is 24.6 Å². The molecule has 5 heterocycles. The predicted molar refractivity (Wildman–Crippen MR) is 132 cm³/mol. The molecule has 3 aliphatic heterocycles. The summed E-state index contributed by atoms with van der Waals surface area (Å²) < 4.78 is 43.8. The van der Waals surface area contributed by atoms with Gasteiger partial charge in [0.15, 0.2) is 5.82 Å². The molecular formula is C25H27ClF3N7. The fourth-order valence-corrected chi connectivity index (χ4v) is 5.68. The molecule has 3 aromatic rings. The minimum absolute atomic E-state index is 0.0254. The molecule has 36 heavy (non-hydrogen) atoms. The van der Waals surface area contributed by atoms with Gasteiger partial charge in [-0.05, 0) is 62.2 Å². The first-order chi connectivity index (χ1) is 17.0. The van der Waals surface area contributed by atoms with Crippen molar-refractivity contribution in [2.45, 2.75) is 45.6 Å². The van der Waals surface area contributed by atoms with Crippen LogP contribution in [0, 0.1) is 12.3 Å². The SMILES string of the molecule is Cc1ccnc(N2CC3(C2)CN(c2nnc4n2-c2ccc(Cl)cc2CN(C(C)(C)C(F)(F)F)C4)C3)c1. The number of benzene rings is 1. The van der Waals surface area contributed by atoms with Crippen molar-refractivity contribution in [2.24, 2.45) is 5.41 Å². The molecule has 6 rings (SSSR count). The number of pyridine rings is 1. The summed E-state index contributed by atoms with van der Waals surface area (Å²) in [5, 5.41) is 9.29. The number of hydrogen-bond donors (Lipinski definition) is 0. The van der Waals surface area contributed by atoms with Gasteiger partial charge >= 0.3 is 6.18 Å². The molecule has 1 spiro atoms.